The number of hydrogen-bond acceptors (Lipinski definition) is 8. The maximum absolute atomic E-state index is 12.1. The molecule has 4 heterocycles. The summed E-state index contributed by atoms with van der Waals surface area (Å²) in [6.07, 6.45) is 1.70. The molecular weight excluding hydrogens is 378 g/mol. The molecule has 1 amide bonds. The molecule has 11 heteroatoms. The van der Waals surface area contributed by atoms with Gasteiger partial charge < -0.3 is 14.6 Å². The zero-order chi connectivity index (χ0) is 20.5. The third-order valence-corrected chi connectivity index (χ3v) is 5.00. The van der Waals surface area contributed by atoms with Crippen molar-refractivity contribution in [3.63, 3.8) is 0 Å². The molecule has 4 rings (SSSR count). The number of aromatic amines is 1. The molecule has 1 aliphatic rings. The predicted molar refractivity (Wildman–Crippen MR) is 105 cm³/mol. The summed E-state index contributed by atoms with van der Waals surface area (Å²) >= 11 is 0. The summed E-state index contributed by atoms with van der Waals surface area (Å²) in [5, 5.41) is 2.55. The molecule has 0 aromatic carbocycles. The number of carbonyl (C=O) groups excluding carboxylic acids is 1. The second-order valence-electron chi connectivity index (χ2n) is 6.82. The van der Waals surface area contributed by atoms with E-state index in [0.29, 0.717) is 18.1 Å². The van der Waals surface area contributed by atoms with E-state index in [1.54, 1.807) is 19.3 Å². The van der Waals surface area contributed by atoms with Crippen LogP contribution in [0.1, 0.15) is 16.4 Å². The number of amides is 1. The maximum Gasteiger partial charge on any atom is 0.329 e. The Morgan fingerprint density at radius 3 is 2.66 bits per heavy atom. The lowest BCUT2D eigenvalue weighted by Crippen LogP contribution is -2.46. The average molecular weight is 399 g/mol. The molecule has 0 bridgehead atoms. The SMILES string of the molecule is CNC(=O)c1ccc(N2CCN(Cc3nc4[nH]c(=O)n(C)c(=O)c4o3)CC2)cn1. The molecule has 11 nitrogen and oxygen atoms in total. The minimum absolute atomic E-state index is 0.0583. The Balaban J connectivity index is 1.41. The van der Waals surface area contributed by atoms with E-state index in [-0.39, 0.29) is 17.1 Å². The number of fused-ring (bicyclic) bond motifs is 1. The Kier molecular flexibility index (Phi) is 4.89. The molecule has 0 spiro atoms. The van der Waals surface area contributed by atoms with Crippen LogP contribution in [0.2, 0.25) is 0 Å². The van der Waals surface area contributed by atoms with E-state index in [1.165, 1.54) is 7.05 Å². The van der Waals surface area contributed by atoms with Crippen LogP contribution in [0.4, 0.5) is 5.69 Å². The molecule has 0 atom stereocenters. The number of carbonyl (C=O) groups is 1. The third kappa shape index (κ3) is 3.63. The van der Waals surface area contributed by atoms with Crippen LogP contribution in [0.25, 0.3) is 11.2 Å². The summed E-state index contributed by atoms with van der Waals surface area (Å²) in [6.45, 7) is 3.54. The fourth-order valence-corrected chi connectivity index (χ4v) is 3.28. The fourth-order valence-electron chi connectivity index (χ4n) is 3.28. The van der Waals surface area contributed by atoms with Gasteiger partial charge in [-0.3, -0.25) is 24.0 Å². The molecule has 0 aliphatic carbocycles. The minimum atomic E-state index is -0.521. The normalized spacial score (nSPS) is 15.0. The van der Waals surface area contributed by atoms with Gasteiger partial charge in [0.25, 0.3) is 5.91 Å². The van der Waals surface area contributed by atoms with Gasteiger partial charge in [0, 0.05) is 40.3 Å². The van der Waals surface area contributed by atoms with Gasteiger partial charge >= 0.3 is 11.2 Å². The van der Waals surface area contributed by atoms with E-state index in [9.17, 15) is 14.4 Å². The van der Waals surface area contributed by atoms with Crippen molar-refractivity contribution in [2.24, 2.45) is 7.05 Å². The monoisotopic (exact) mass is 399 g/mol. The molecule has 1 aliphatic heterocycles. The first kappa shape index (κ1) is 18.9. The van der Waals surface area contributed by atoms with Crippen molar-refractivity contribution in [2.45, 2.75) is 6.54 Å². The van der Waals surface area contributed by atoms with Gasteiger partial charge in [-0.05, 0) is 12.1 Å². The predicted octanol–water partition coefficient (Wildman–Crippen LogP) is -0.708. The molecule has 0 unspecified atom stereocenters. The van der Waals surface area contributed by atoms with Crippen molar-refractivity contribution < 1.29 is 9.21 Å². The molecule has 3 aromatic rings. The average Bonchev–Trinajstić information content (AvgIpc) is 3.14. The van der Waals surface area contributed by atoms with Crippen LogP contribution in [-0.4, -0.2) is 63.6 Å². The highest BCUT2D eigenvalue weighted by molar-refractivity contribution is 5.92. The van der Waals surface area contributed by atoms with Crippen LogP contribution < -0.4 is 21.5 Å². The van der Waals surface area contributed by atoms with Crippen LogP contribution in [-0.2, 0) is 13.6 Å². The summed E-state index contributed by atoms with van der Waals surface area (Å²) in [7, 11) is 2.96. The lowest BCUT2D eigenvalue weighted by molar-refractivity contribution is 0.0958. The lowest BCUT2D eigenvalue weighted by Gasteiger charge is -2.35. The van der Waals surface area contributed by atoms with Crippen molar-refractivity contribution >= 4 is 22.8 Å². The maximum atomic E-state index is 12.1. The first-order valence-corrected chi connectivity index (χ1v) is 9.20. The van der Waals surface area contributed by atoms with Crippen LogP contribution in [0, 0.1) is 0 Å². The highest BCUT2D eigenvalue weighted by Gasteiger charge is 2.21. The van der Waals surface area contributed by atoms with Crippen LogP contribution in [0.3, 0.4) is 0 Å². The minimum Gasteiger partial charge on any atom is -0.432 e. The second kappa shape index (κ2) is 7.51. The number of piperazine rings is 1. The van der Waals surface area contributed by atoms with Crippen LogP contribution in [0.5, 0.6) is 0 Å². The Bertz CT molecular complexity index is 1150. The van der Waals surface area contributed by atoms with Gasteiger partial charge in [0.1, 0.15) is 5.69 Å². The van der Waals surface area contributed by atoms with Gasteiger partial charge in [-0.25, -0.2) is 9.78 Å². The smallest absolute Gasteiger partial charge is 0.329 e. The van der Waals surface area contributed by atoms with E-state index >= 15 is 0 Å². The van der Waals surface area contributed by atoms with E-state index in [1.807, 2.05) is 6.07 Å². The number of anilines is 1. The summed E-state index contributed by atoms with van der Waals surface area (Å²) in [4.78, 5) is 50.7. The summed E-state index contributed by atoms with van der Waals surface area (Å²) in [6, 6.07) is 3.60. The molecule has 1 fully saturated rings. The Hall–Kier alpha value is -3.47. The van der Waals surface area contributed by atoms with Gasteiger partial charge in [-0.2, -0.15) is 4.98 Å². The Labute approximate surface area is 165 Å². The molecule has 2 N–H and O–H groups in total. The number of hydrogen-bond donors (Lipinski definition) is 2. The number of pyridine rings is 1. The zero-order valence-corrected chi connectivity index (χ0v) is 16.1. The number of H-pyrrole nitrogens is 1. The summed E-state index contributed by atoms with van der Waals surface area (Å²) in [5.74, 6) is 0.180. The number of nitrogens with one attached hydrogen (secondary N) is 2. The topological polar surface area (TPSA) is 129 Å². The number of rotatable bonds is 4. The quantitative estimate of drug-likeness (QED) is 0.589. The van der Waals surface area contributed by atoms with Crippen molar-refractivity contribution in [2.75, 3.05) is 38.1 Å². The van der Waals surface area contributed by atoms with Gasteiger partial charge in [0.15, 0.2) is 5.65 Å². The van der Waals surface area contributed by atoms with Crippen LogP contribution in [0.15, 0.2) is 32.3 Å². The first-order valence-electron chi connectivity index (χ1n) is 9.20. The summed E-state index contributed by atoms with van der Waals surface area (Å²) < 4.78 is 6.54. The molecule has 3 aromatic heterocycles. The van der Waals surface area contributed by atoms with E-state index in [4.69, 9.17) is 4.42 Å². The van der Waals surface area contributed by atoms with Crippen molar-refractivity contribution in [3.8, 4) is 0 Å². The lowest BCUT2D eigenvalue weighted by atomic mass is 10.2. The van der Waals surface area contributed by atoms with Gasteiger partial charge in [-0.1, -0.05) is 0 Å². The highest BCUT2D eigenvalue weighted by Crippen LogP contribution is 2.17. The Morgan fingerprint density at radius 2 is 2.00 bits per heavy atom. The number of nitrogens with zero attached hydrogens (tertiary/aromatic N) is 5. The molecule has 0 radical (unpaired) electrons. The first-order chi connectivity index (χ1) is 14.0. The molecule has 152 valence electrons. The largest absolute Gasteiger partial charge is 0.432 e. The fraction of sp³-hybridized carbons (Fsp3) is 0.389. The number of oxazole rings is 1. The van der Waals surface area contributed by atoms with Gasteiger partial charge in [-0.15, -0.1) is 0 Å². The van der Waals surface area contributed by atoms with Crippen molar-refractivity contribution in [1.29, 1.82) is 0 Å². The van der Waals surface area contributed by atoms with E-state index in [2.05, 4.69) is 30.1 Å². The molecule has 0 saturated carbocycles. The standard InChI is InChI=1S/C18H21N7O4/c1-19-16(26)12-4-3-11(9-20-12)25-7-5-24(6-8-25)10-13-21-15-14(29-13)17(27)23(2)18(28)22-15/h3-4,9H,5-8,10H2,1-2H3,(H,19,26)(H,22,28). The molecule has 29 heavy (non-hydrogen) atoms. The van der Waals surface area contributed by atoms with Gasteiger partial charge in [0.05, 0.1) is 18.4 Å². The van der Waals surface area contributed by atoms with Crippen molar-refractivity contribution in [1.82, 2.24) is 29.7 Å². The highest BCUT2D eigenvalue weighted by atomic mass is 16.4. The molecular formula is C18H21N7O4. The third-order valence-electron chi connectivity index (χ3n) is 5.00. The Morgan fingerprint density at radius 1 is 1.24 bits per heavy atom. The van der Waals surface area contributed by atoms with Crippen LogP contribution >= 0.6 is 0 Å². The number of aromatic nitrogens is 4. The van der Waals surface area contributed by atoms with Gasteiger partial charge in [0.2, 0.25) is 11.5 Å². The van der Waals surface area contributed by atoms with E-state index < -0.39 is 11.2 Å². The molecule has 1 saturated heterocycles. The zero-order valence-electron chi connectivity index (χ0n) is 16.1. The second-order valence-corrected chi connectivity index (χ2v) is 6.82. The summed E-state index contributed by atoms with van der Waals surface area (Å²) in [5.41, 5.74) is 0.555. The van der Waals surface area contributed by atoms with Crippen molar-refractivity contribution in [3.05, 3.63) is 50.8 Å². The van der Waals surface area contributed by atoms with E-state index in [0.717, 1.165) is 36.4 Å².